The van der Waals surface area contributed by atoms with E-state index in [4.69, 9.17) is 13.9 Å². The first-order valence-corrected chi connectivity index (χ1v) is 9.68. The summed E-state index contributed by atoms with van der Waals surface area (Å²) in [5, 5.41) is 3.96. The van der Waals surface area contributed by atoms with Crippen molar-refractivity contribution in [2.75, 3.05) is 13.7 Å². The summed E-state index contributed by atoms with van der Waals surface area (Å²) < 4.78 is 16.8. The van der Waals surface area contributed by atoms with Crippen molar-refractivity contribution in [1.29, 1.82) is 0 Å². The Hall–Kier alpha value is -3.21. The molecule has 3 rings (SSSR count). The monoisotopic (exact) mass is 393 g/mol. The van der Waals surface area contributed by atoms with Gasteiger partial charge in [-0.1, -0.05) is 12.1 Å². The van der Waals surface area contributed by atoms with Gasteiger partial charge in [-0.2, -0.15) is 0 Å². The number of carbonyl (C=O) groups excluding carboxylic acids is 1. The van der Waals surface area contributed by atoms with Crippen LogP contribution in [-0.4, -0.2) is 19.6 Å². The van der Waals surface area contributed by atoms with E-state index in [0.29, 0.717) is 13.2 Å². The van der Waals surface area contributed by atoms with Gasteiger partial charge in [0, 0.05) is 29.1 Å². The molecule has 1 N–H and O–H groups in total. The van der Waals surface area contributed by atoms with Crippen molar-refractivity contribution in [3.63, 3.8) is 0 Å². The lowest BCUT2D eigenvalue weighted by Gasteiger charge is -2.14. The van der Waals surface area contributed by atoms with E-state index in [-0.39, 0.29) is 5.91 Å². The fraction of sp³-hybridized carbons (Fsp3) is 0.292. The van der Waals surface area contributed by atoms with Crippen molar-refractivity contribution in [2.45, 2.75) is 34.2 Å². The summed E-state index contributed by atoms with van der Waals surface area (Å²) in [6, 6.07) is 9.67. The van der Waals surface area contributed by atoms with Crippen molar-refractivity contribution >= 4 is 22.4 Å². The number of amides is 1. The molecule has 5 nitrogen and oxygen atoms in total. The minimum atomic E-state index is -0.158. The van der Waals surface area contributed by atoms with Gasteiger partial charge in [-0.15, -0.1) is 0 Å². The zero-order valence-electron chi connectivity index (χ0n) is 17.6. The maximum absolute atomic E-state index is 12.5. The molecule has 0 radical (unpaired) electrons. The number of nitrogens with one attached hydrogen (secondary N) is 1. The number of rotatable bonds is 7. The maximum atomic E-state index is 12.5. The predicted molar refractivity (Wildman–Crippen MR) is 115 cm³/mol. The topological polar surface area (TPSA) is 60.7 Å². The highest BCUT2D eigenvalue weighted by molar-refractivity contribution is 5.98. The molecule has 0 unspecified atom stereocenters. The van der Waals surface area contributed by atoms with Crippen LogP contribution in [0.15, 0.2) is 47.1 Å². The number of hydrogen-bond donors (Lipinski definition) is 1. The fourth-order valence-corrected chi connectivity index (χ4v) is 3.36. The summed E-state index contributed by atoms with van der Waals surface area (Å²) in [5.41, 5.74) is 5.54. The number of fused-ring (bicyclic) bond motifs is 1. The lowest BCUT2D eigenvalue weighted by Crippen LogP contribution is -2.20. The first-order chi connectivity index (χ1) is 13.9. The molecular formula is C24H27NO4. The molecule has 0 spiro atoms. The van der Waals surface area contributed by atoms with Gasteiger partial charge in [-0.25, -0.2) is 0 Å². The highest BCUT2D eigenvalue weighted by atomic mass is 16.5. The molecule has 0 saturated heterocycles. The van der Waals surface area contributed by atoms with Crippen LogP contribution in [0.3, 0.4) is 0 Å². The number of hydrogen-bond acceptors (Lipinski definition) is 4. The van der Waals surface area contributed by atoms with Gasteiger partial charge in [-0.3, -0.25) is 4.79 Å². The lowest BCUT2D eigenvalue weighted by molar-refractivity contribution is -0.116. The number of carbonyl (C=O) groups is 1. The Morgan fingerprint density at radius 3 is 2.76 bits per heavy atom. The van der Waals surface area contributed by atoms with Gasteiger partial charge in [0.05, 0.1) is 20.0 Å². The van der Waals surface area contributed by atoms with Crippen molar-refractivity contribution in [3.8, 4) is 11.5 Å². The molecule has 0 atom stereocenters. The van der Waals surface area contributed by atoms with E-state index >= 15 is 0 Å². The fourth-order valence-electron chi connectivity index (χ4n) is 3.36. The second-order valence-electron chi connectivity index (χ2n) is 7.00. The number of aryl methyl sites for hydroxylation is 2. The molecule has 0 bridgehead atoms. The summed E-state index contributed by atoms with van der Waals surface area (Å²) in [7, 11) is 1.63. The van der Waals surface area contributed by atoms with Crippen LogP contribution >= 0.6 is 0 Å². The van der Waals surface area contributed by atoms with E-state index in [2.05, 4.69) is 5.32 Å². The van der Waals surface area contributed by atoms with Crippen molar-refractivity contribution in [3.05, 3.63) is 64.9 Å². The van der Waals surface area contributed by atoms with E-state index < -0.39 is 0 Å². The van der Waals surface area contributed by atoms with Crippen LogP contribution in [0.5, 0.6) is 11.5 Å². The molecule has 1 heterocycles. The Morgan fingerprint density at radius 1 is 1.24 bits per heavy atom. The standard InChI is InChI=1S/C24H27NO4/c1-6-28-23-17(4)24-21(16(3)14-29-24)12-20(23)15(2)10-22(26)25-13-18-8-7-9-19(11-18)27-5/h7-12,14H,6,13H2,1-5H3,(H,25,26)/b15-10+. The average molecular weight is 393 g/mol. The molecule has 29 heavy (non-hydrogen) atoms. The second-order valence-corrected chi connectivity index (χ2v) is 7.00. The summed E-state index contributed by atoms with van der Waals surface area (Å²) in [6.45, 7) is 8.82. The highest BCUT2D eigenvalue weighted by Gasteiger charge is 2.17. The van der Waals surface area contributed by atoms with Crippen LogP contribution in [0.25, 0.3) is 16.5 Å². The van der Waals surface area contributed by atoms with Crippen LogP contribution in [0.4, 0.5) is 0 Å². The Labute approximate surface area is 171 Å². The SMILES string of the molecule is CCOc1c(/C(C)=C/C(=O)NCc2cccc(OC)c2)cc2c(C)coc2c1C. The third-order valence-corrected chi connectivity index (χ3v) is 4.90. The lowest BCUT2D eigenvalue weighted by atomic mass is 9.98. The molecule has 2 aromatic carbocycles. The van der Waals surface area contributed by atoms with Gasteiger partial charge >= 0.3 is 0 Å². The van der Waals surface area contributed by atoms with Crippen LogP contribution in [0, 0.1) is 13.8 Å². The summed E-state index contributed by atoms with van der Waals surface area (Å²) >= 11 is 0. The molecule has 0 aliphatic rings. The number of furan rings is 1. The molecule has 152 valence electrons. The van der Waals surface area contributed by atoms with E-state index in [1.54, 1.807) is 19.4 Å². The number of allylic oxidation sites excluding steroid dienone is 1. The largest absolute Gasteiger partial charge is 0.497 e. The minimum absolute atomic E-state index is 0.158. The number of benzene rings is 2. The third kappa shape index (κ3) is 4.45. The van der Waals surface area contributed by atoms with Gasteiger partial charge in [0.1, 0.15) is 17.1 Å². The van der Waals surface area contributed by atoms with Gasteiger partial charge in [0.2, 0.25) is 5.91 Å². The Balaban J connectivity index is 1.85. The molecule has 5 heteroatoms. The first kappa shape index (κ1) is 20.5. The maximum Gasteiger partial charge on any atom is 0.244 e. The molecule has 0 aliphatic carbocycles. The normalized spacial score (nSPS) is 11.6. The molecule has 1 amide bonds. The average Bonchev–Trinajstić information content (AvgIpc) is 3.09. The Kier molecular flexibility index (Phi) is 6.27. The summed E-state index contributed by atoms with van der Waals surface area (Å²) in [4.78, 5) is 12.5. The van der Waals surface area contributed by atoms with Gasteiger partial charge in [-0.05, 0) is 62.6 Å². The third-order valence-electron chi connectivity index (χ3n) is 4.90. The van der Waals surface area contributed by atoms with E-state index in [9.17, 15) is 4.79 Å². The zero-order valence-corrected chi connectivity index (χ0v) is 17.6. The number of methoxy groups -OCH3 is 1. The Morgan fingerprint density at radius 2 is 2.03 bits per heavy atom. The molecule has 3 aromatic rings. The van der Waals surface area contributed by atoms with E-state index in [0.717, 1.165) is 50.3 Å². The smallest absolute Gasteiger partial charge is 0.244 e. The van der Waals surface area contributed by atoms with Crippen LogP contribution in [0.2, 0.25) is 0 Å². The van der Waals surface area contributed by atoms with Crippen LogP contribution in [-0.2, 0) is 11.3 Å². The van der Waals surface area contributed by atoms with E-state index in [1.165, 1.54) is 0 Å². The van der Waals surface area contributed by atoms with Gasteiger partial charge in [0.25, 0.3) is 0 Å². The van der Waals surface area contributed by atoms with Gasteiger partial charge < -0.3 is 19.2 Å². The van der Waals surface area contributed by atoms with Gasteiger partial charge in [0.15, 0.2) is 0 Å². The molecule has 1 aromatic heterocycles. The minimum Gasteiger partial charge on any atom is -0.497 e. The number of ether oxygens (including phenoxy) is 2. The van der Waals surface area contributed by atoms with Crippen LogP contribution in [0.1, 0.15) is 36.1 Å². The van der Waals surface area contributed by atoms with Crippen LogP contribution < -0.4 is 14.8 Å². The molecule has 0 fully saturated rings. The van der Waals surface area contributed by atoms with Crippen molar-refractivity contribution < 1.29 is 18.7 Å². The Bertz CT molecular complexity index is 1060. The highest BCUT2D eigenvalue weighted by Crippen LogP contribution is 2.37. The first-order valence-electron chi connectivity index (χ1n) is 9.68. The predicted octanol–water partition coefficient (Wildman–Crippen LogP) is 5.18. The van der Waals surface area contributed by atoms with E-state index in [1.807, 2.05) is 58.0 Å². The van der Waals surface area contributed by atoms with Crippen molar-refractivity contribution in [2.24, 2.45) is 0 Å². The zero-order chi connectivity index (χ0) is 21.0. The quantitative estimate of drug-likeness (QED) is 0.562. The second kappa shape index (κ2) is 8.86. The van der Waals surface area contributed by atoms with Crippen molar-refractivity contribution in [1.82, 2.24) is 5.32 Å². The molecular weight excluding hydrogens is 366 g/mol. The molecule has 0 aliphatic heterocycles. The summed E-state index contributed by atoms with van der Waals surface area (Å²) in [6.07, 6.45) is 3.36. The summed E-state index contributed by atoms with van der Waals surface area (Å²) in [5.74, 6) is 1.36. The molecule has 0 saturated carbocycles.